The Bertz CT molecular complexity index is 422. The summed E-state index contributed by atoms with van der Waals surface area (Å²) in [4.78, 5) is 11.5. The molecular weight excluding hydrogens is 228 g/mol. The van der Waals surface area contributed by atoms with Gasteiger partial charge in [-0.3, -0.25) is 4.79 Å². The second-order valence-corrected chi connectivity index (χ2v) is 4.36. The number of rotatable bonds is 7. The number of carbonyl (C=O) groups excluding carboxylic acids is 1. The van der Waals surface area contributed by atoms with Gasteiger partial charge in [0.25, 0.3) is 0 Å². The summed E-state index contributed by atoms with van der Waals surface area (Å²) in [5.74, 6) is -0.232. The quantitative estimate of drug-likeness (QED) is 0.440. The molecule has 1 rings (SSSR count). The van der Waals surface area contributed by atoms with Crippen LogP contribution in [-0.2, 0) is 4.79 Å². The Morgan fingerprint density at radius 1 is 1.17 bits per heavy atom. The molecule has 0 saturated carbocycles. The molecule has 0 fully saturated rings. The Hall–Kier alpha value is -1.77. The zero-order valence-corrected chi connectivity index (χ0v) is 10.7. The molecular formula is C15H20O3. The molecule has 0 bridgehead atoms. The van der Waals surface area contributed by atoms with Crippen molar-refractivity contribution in [3.63, 3.8) is 0 Å². The van der Waals surface area contributed by atoms with Gasteiger partial charge in [-0.05, 0) is 30.2 Å². The van der Waals surface area contributed by atoms with Crippen LogP contribution in [0.15, 0.2) is 24.3 Å². The average Bonchev–Trinajstić information content (AvgIpc) is 2.36. The molecule has 0 heterocycles. The molecule has 0 atom stereocenters. The van der Waals surface area contributed by atoms with Crippen LogP contribution in [0.5, 0.6) is 11.5 Å². The van der Waals surface area contributed by atoms with Gasteiger partial charge in [-0.25, -0.2) is 0 Å². The smallest absolute Gasteiger partial charge is 0.157 e. The summed E-state index contributed by atoms with van der Waals surface area (Å²) in [6.45, 7) is 2.14. The zero-order chi connectivity index (χ0) is 13.4. The van der Waals surface area contributed by atoms with Gasteiger partial charge in [0.15, 0.2) is 17.3 Å². The van der Waals surface area contributed by atoms with Crippen LogP contribution in [0.2, 0.25) is 0 Å². The number of hydrogen-bond donors (Lipinski definition) is 2. The van der Waals surface area contributed by atoms with Crippen molar-refractivity contribution in [2.24, 2.45) is 0 Å². The van der Waals surface area contributed by atoms with Gasteiger partial charge in [-0.15, -0.1) is 0 Å². The molecule has 2 N–H and O–H groups in total. The first kappa shape index (κ1) is 14.3. The minimum absolute atomic E-state index is 0.0960. The zero-order valence-electron chi connectivity index (χ0n) is 10.7. The third-order valence-electron chi connectivity index (χ3n) is 2.74. The first-order valence-electron chi connectivity index (χ1n) is 6.36. The topological polar surface area (TPSA) is 57.5 Å². The lowest BCUT2D eigenvalue weighted by atomic mass is 10.1. The highest BCUT2D eigenvalue weighted by Crippen LogP contribution is 2.25. The third-order valence-corrected chi connectivity index (χ3v) is 2.74. The summed E-state index contributed by atoms with van der Waals surface area (Å²) in [5.41, 5.74) is 0.701. The van der Waals surface area contributed by atoms with Crippen molar-refractivity contribution in [2.45, 2.75) is 39.0 Å². The van der Waals surface area contributed by atoms with E-state index in [1.54, 1.807) is 12.1 Å². The Balaban J connectivity index is 2.43. The van der Waals surface area contributed by atoms with Crippen LogP contribution in [0.1, 0.15) is 44.6 Å². The van der Waals surface area contributed by atoms with Crippen LogP contribution in [0.4, 0.5) is 0 Å². The maximum atomic E-state index is 11.5. The van der Waals surface area contributed by atoms with Crippen molar-refractivity contribution < 1.29 is 15.0 Å². The van der Waals surface area contributed by atoms with Crippen LogP contribution >= 0.6 is 0 Å². The number of allylic oxidation sites excluding steroid dienone is 1. The molecule has 0 unspecified atom stereocenters. The fraction of sp³-hybridized carbons (Fsp3) is 0.400. The molecule has 0 aromatic heterocycles. The summed E-state index contributed by atoms with van der Waals surface area (Å²) in [6, 6.07) is 4.48. The van der Waals surface area contributed by atoms with Gasteiger partial charge < -0.3 is 10.2 Å². The highest BCUT2D eigenvalue weighted by Gasteiger charge is 1.99. The predicted octanol–water partition coefficient (Wildman–Crippen LogP) is 3.65. The maximum absolute atomic E-state index is 11.5. The lowest BCUT2D eigenvalue weighted by Crippen LogP contribution is -1.92. The fourth-order valence-corrected chi connectivity index (χ4v) is 1.64. The Morgan fingerprint density at radius 2 is 1.94 bits per heavy atom. The van der Waals surface area contributed by atoms with Crippen molar-refractivity contribution in [3.8, 4) is 11.5 Å². The second kappa shape index (κ2) is 7.54. The predicted molar refractivity (Wildman–Crippen MR) is 72.6 cm³/mol. The van der Waals surface area contributed by atoms with Gasteiger partial charge in [0.1, 0.15) is 0 Å². The summed E-state index contributed by atoms with van der Waals surface area (Å²) in [5, 5.41) is 18.4. The molecule has 0 aliphatic heterocycles. The molecule has 98 valence electrons. The molecule has 1 aromatic carbocycles. The lowest BCUT2D eigenvalue weighted by molar-refractivity contribution is -0.114. The maximum Gasteiger partial charge on any atom is 0.157 e. The number of hydrogen-bond acceptors (Lipinski definition) is 3. The summed E-state index contributed by atoms with van der Waals surface area (Å²) in [6.07, 6.45) is 8.10. The molecule has 0 saturated heterocycles. The first-order chi connectivity index (χ1) is 8.63. The lowest BCUT2D eigenvalue weighted by Gasteiger charge is -1.99. The van der Waals surface area contributed by atoms with E-state index in [1.807, 2.05) is 0 Å². The van der Waals surface area contributed by atoms with Crippen LogP contribution in [-0.4, -0.2) is 16.0 Å². The number of phenolic OH excluding ortho intramolecular Hbond substituents is 2. The van der Waals surface area contributed by atoms with Gasteiger partial charge >= 0.3 is 0 Å². The number of carbonyl (C=O) groups is 1. The van der Waals surface area contributed by atoms with E-state index in [1.165, 1.54) is 24.6 Å². The molecule has 3 nitrogen and oxygen atoms in total. The van der Waals surface area contributed by atoms with Crippen molar-refractivity contribution in [1.29, 1.82) is 0 Å². The van der Waals surface area contributed by atoms with Crippen LogP contribution in [0, 0.1) is 0 Å². The minimum Gasteiger partial charge on any atom is -0.504 e. The average molecular weight is 248 g/mol. The Morgan fingerprint density at radius 3 is 2.61 bits per heavy atom. The van der Waals surface area contributed by atoms with Crippen molar-refractivity contribution >= 4 is 11.9 Å². The SMILES string of the molecule is CCCCCCC(=O)C=Cc1ccc(O)c(O)c1. The standard InChI is InChI=1S/C15H20O3/c1-2-3-4-5-6-13(16)9-7-12-8-10-14(17)15(18)11-12/h7-11,17-18H,2-6H2,1H3. The van der Waals surface area contributed by atoms with E-state index in [9.17, 15) is 9.90 Å². The van der Waals surface area contributed by atoms with Gasteiger partial charge in [0.2, 0.25) is 0 Å². The summed E-state index contributed by atoms with van der Waals surface area (Å²) in [7, 11) is 0. The fourth-order valence-electron chi connectivity index (χ4n) is 1.64. The minimum atomic E-state index is -0.174. The normalized spacial score (nSPS) is 10.9. The molecule has 18 heavy (non-hydrogen) atoms. The molecule has 0 radical (unpaired) electrons. The molecule has 0 aliphatic carbocycles. The summed E-state index contributed by atoms with van der Waals surface area (Å²) < 4.78 is 0. The highest BCUT2D eigenvalue weighted by molar-refractivity contribution is 5.93. The van der Waals surface area contributed by atoms with Crippen LogP contribution < -0.4 is 0 Å². The third kappa shape index (κ3) is 5.04. The van der Waals surface area contributed by atoms with Crippen LogP contribution in [0.25, 0.3) is 6.08 Å². The number of benzene rings is 1. The largest absolute Gasteiger partial charge is 0.504 e. The van der Waals surface area contributed by atoms with E-state index in [0.717, 1.165) is 19.3 Å². The van der Waals surface area contributed by atoms with E-state index in [4.69, 9.17) is 5.11 Å². The highest BCUT2D eigenvalue weighted by atomic mass is 16.3. The van der Waals surface area contributed by atoms with Gasteiger partial charge in [0.05, 0.1) is 0 Å². The van der Waals surface area contributed by atoms with E-state index >= 15 is 0 Å². The molecule has 1 aromatic rings. The van der Waals surface area contributed by atoms with Crippen molar-refractivity contribution in [2.75, 3.05) is 0 Å². The van der Waals surface area contributed by atoms with E-state index in [0.29, 0.717) is 12.0 Å². The molecule has 0 aliphatic rings. The van der Waals surface area contributed by atoms with Crippen LogP contribution in [0.3, 0.4) is 0 Å². The summed E-state index contributed by atoms with van der Waals surface area (Å²) >= 11 is 0. The first-order valence-corrected chi connectivity index (χ1v) is 6.36. The Labute approximate surface area is 108 Å². The second-order valence-electron chi connectivity index (χ2n) is 4.36. The van der Waals surface area contributed by atoms with Gasteiger partial charge in [-0.1, -0.05) is 38.3 Å². The van der Waals surface area contributed by atoms with Gasteiger partial charge in [0, 0.05) is 6.42 Å². The number of ketones is 1. The Kier molecular flexibility index (Phi) is 5.98. The van der Waals surface area contributed by atoms with E-state index in [-0.39, 0.29) is 17.3 Å². The van der Waals surface area contributed by atoms with E-state index in [2.05, 4.69) is 6.92 Å². The van der Waals surface area contributed by atoms with Crippen molar-refractivity contribution in [1.82, 2.24) is 0 Å². The van der Waals surface area contributed by atoms with Crippen molar-refractivity contribution in [3.05, 3.63) is 29.8 Å². The number of aromatic hydroxyl groups is 2. The monoisotopic (exact) mass is 248 g/mol. The molecule has 0 spiro atoms. The molecule has 3 heteroatoms. The number of phenols is 2. The number of unbranched alkanes of at least 4 members (excludes halogenated alkanes) is 3. The molecule has 0 amide bonds. The van der Waals surface area contributed by atoms with E-state index < -0.39 is 0 Å². The van der Waals surface area contributed by atoms with Gasteiger partial charge in [-0.2, -0.15) is 0 Å².